The molecule has 0 radical (unpaired) electrons. The van der Waals surface area contributed by atoms with Gasteiger partial charge in [-0.1, -0.05) is 12.1 Å². The van der Waals surface area contributed by atoms with E-state index in [2.05, 4.69) is 24.9 Å². The lowest BCUT2D eigenvalue weighted by atomic mass is 10.0. The summed E-state index contributed by atoms with van der Waals surface area (Å²) in [5.74, 6) is -0.152. The van der Waals surface area contributed by atoms with Crippen LogP contribution in [-0.2, 0) is 4.74 Å². The number of benzene rings is 1. The Morgan fingerprint density at radius 1 is 1.25 bits per heavy atom. The Balaban J connectivity index is 1.45. The highest BCUT2D eigenvalue weighted by molar-refractivity contribution is 6.06. The number of hydrogen-bond donors (Lipinski definition) is 2. The molecule has 1 aliphatic heterocycles. The van der Waals surface area contributed by atoms with Gasteiger partial charge in [0.2, 0.25) is 0 Å². The van der Waals surface area contributed by atoms with E-state index in [1.165, 1.54) is 12.1 Å². The molecule has 4 heterocycles. The molecular weight excluding hydrogens is 420 g/mol. The smallest absolute Gasteiger partial charge is 0.387 e. The zero-order valence-corrected chi connectivity index (χ0v) is 16.8. The van der Waals surface area contributed by atoms with Gasteiger partial charge in [0, 0.05) is 29.9 Å². The molecule has 0 saturated carbocycles. The lowest BCUT2D eigenvalue weighted by Gasteiger charge is -2.36. The molecule has 1 aromatic carbocycles. The third-order valence-corrected chi connectivity index (χ3v) is 5.42. The maximum Gasteiger partial charge on any atom is 0.387 e. The maximum absolute atomic E-state index is 13.5. The zero-order chi connectivity index (χ0) is 22.1. The first kappa shape index (κ1) is 20.1. The van der Waals surface area contributed by atoms with Crippen LogP contribution in [0.15, 0.2) is 55.0 Å². The van der Waals surface area contributed by atoms with Crippen molar-refractivity contribution in [1.29, 1.82) is 0 Å². The normalized spacial score (nSPS) is 16.6. The summed E-state index contributed by atoms with van der Waals surface area (Å²) < 4.78 is 35.4. The van der Waals surface area contributed by atoms with Crippen LogP contribution in [0.3, 0.4) is 0 Å². The van der Waals surface area contributed by atoms with Crippen LogP contribution in [0.5, 0.6) is 5.75 Å². The minimum absolute atomic E-state index is 0.0403. The summed E-state index contributed by atoms with van der Waals surface area (Å²) in [7, 11) is 0. The predicted octanol–water partition coefficient (Wildman–Crippen LogP) is 3.77. The molecule has 0 bridgehead atoms. The molecule has 4 aromatic rings. The Morgan fingerprint density at radius 3 is 2.97 bits per heavy atom. The first-order valence-electron chi connectivity index (χ1n) is 10.0. The van der Waals surface area contributed by atoms with E-state index in [4.69, 9.17) is 4.74 Å². The van der Waals surface area contributed by atoms with Gasteiger partial charge in [-0.25, -0.2) is 4.98 Å². The van der Waals surface area contributed by atoms with Gasteiger partial charge < -0.3 is 19.4 Å². The highest BCUT2D eigenvalue weighted by Gasteiger charge is 2.31. The molecule has 164 valence electrons. The quantitative estimate of drug-likeness (QED) is 0.494. The summed E-state index contributed by atoms with van der Waals surface area (Å²) in [4.78, 5) is 22.8. The average molecular weight is 439 g/mol. The van der Waals surface area contributed by atoms with Crippen molar-refractivity contribution < 1.29 is 23.0 Å². The number of fused-ring (bicyclic) bond motifs is 1. The van der Waals surface area contributed by atoms with Gasteiger partial charge >= 0.3 is 6.61 Å². The molecule has 0 aliphatic carbocycles. The van der Waals surface area contributed by atoms with Gasteiger partial charge in [-0.05, 0) is 29.8 Å². The fourth-order valence-corrected chi connectivity index (χ4v) is 3.91. The number of amides is 1. The Hall–Kier alpha value is -3.79. The molecule has 1 unspecified atom stereocenters. The number of ether oxygens (including phenoxy) is 2. The van der Waals surface area contributed by atoms with Crippen LogP contribution in [-0.4, -0.2) is 57.3 Å². The lowest BCUT2D eigenvalue weighted by Crippen LogP contribution is -2.43. The monoisotopic (exact) mass is 439 g/mol. The van der Waals surface area contributed by atoms with E-state index in [0.717, 1.165) is 11.3 Å². The first-order valence-corrected chi connectivity index (χ1v) is 10.0. The molecule has 10 heteroatoms. The highest BCUT2D eigenvalue weighted by atomic mass is 19.3. The van der Waals surface area contributed by atoms with E-state index < -0.39 is 12.7 Å². The van der Waals surface area contributed by atoms with Gasteiger partial charge in [-0.15, -0.1) is 0 Å². The van der Waals surface area contributed by atoms with Gasteiger partial charge in [0.25, 0.3) is 5.91 Å². The van der Waals surface area contributed by atoms with E-state index in [1.54, 1.807) is 35.6 Å². The van der Waals surface area contributed by atoms with E-state index >= 15 is 0 Å². The van der Waals surface area contributed by atoms with E-state index in [9.17, 15) is 13.6 Å². The molecular formula is C22H19F2N5O3. The number of aromatic amines is 2. The van der Waals surface area contributed by atoms with Crippen molar-refractivity contribution in [2.24, 2.45) is 0 Å². The van der Waals surface area contributed by atoms with Crippen LogP contribution in [0.4, 0.5) is 8.78 Å². The molecule has 1 fully saturated rings. The largest absolute Gasteiger partial charge is 0.435 e. The highest BCUT2D eigenvalue weighted by Crippen LogP contribution is 2.31. The van der Waals surface area contributed by atoms with Crippen LogP contribution in [0.25, 0.3) is 22.3 Å². The van der Waals surface area contributed by atoms with Gasteiger partial charge in [0.05, 0.1) is 36.7 Å². The van der Waals surface area contributed by atoms with Crippen molar-refractivity contribution in [1.82, 2.24) is 25.1 Å². The van der Waals surface area contributed by atoms with E-state index in [1.807, 2.05) is 12.1 Å². The number of rotatable bonds is 5. The molecule has 1 saturated heterocycles. The van der Waals surface area contributed by atoms with E-state index in [-0.39, 0.29) is 18.3 Å². The van der Waals surface area contributed by atoms with Crippen molar-refractivity contribution >= 4 is 16.9 Å². The molecule has 5 rings (SSSR count). The number of nitrogens with zero attached hydrogens (tertiary/aromatic N) is 3. The van der Waals surface area contributed by atoms with Crippen molar-refractivity contribution in [3.63, 3.8) is 0 Å². The summed E-state index contributed by atoms with van der Waals surface area (Å²) in [5.41, 5.74) is 3.31. The molecule has 1 atom stereocenters. The molecule has 32 heavy (non-hydrogen) atoms. The molecule has 8 nitrogen and oxygen atoms in total. The SMILES string of the molecule is O=C(c1c[nH]c2nc(-c3cn[nH]c3)ccc12)N1CCOCC1c1cccc(OC(F)F)c1. The number of carbonyl (C=O) groups excluding carboxylic acids is 1. The van der Waals surface area contributed by atoms with Crippen molar-refractivity contribution in [2.75, 3.05) is 19.8 Å². The molecule has 0 spiro atoms. The minimum atomic E-state index is -2.92. The van der Waals surface area contributed by atoms with Gasteiger partial charge in [0.15, 0.2) is 0 Å². The number of H-pyrrole nitrogens is 2. The van der Waals surface area contributed by atoms with Gasteiger partial charge in [0.1, 0.15) is 11.4 Å². The lowest BCUT2D eigenvalue weighted by molar-refractivity contribution is -0.0501. The summed E-state index contributed by atoms with van der Waals surface area (Å²) in [6.07, 6.45) is 5.06. The summed E-state index contributed by atoms with van der Waals surface area (Å²) in [5, 5.41) is 7.38. The Kier molecular flexibility index (Phi) is 5.28. The number of morpholine rings is 1. The van der Waals surface area contributed by atoms with Crippen molar-refractivity contribution in [2.45, 2.75) is 12.7 Å². The third-order valence-electron chi connectivity index (χ3n) is 5.42. The standard InChI is InChI=1S/C22H19F2N5O3/c23-22(24)32-15-3-1-2-13(8-15)19-12-31-7-6-29(19)21(30)17-11-25-20-16(17)4-5-18(28-20)14-9-26-27-10-14/h1-5,8-11,19,22H,6-7,12H2,(H,25,28)(H,26,27). The van der Waals surface area contributed by atoms with Gasteiger partial charge in [-0.3, -0.25) is 9.89 Å². The second-order valence-electron chi connectivity index (χ2n) is 7.32. The van der Waals surface area contributed by atoms with Crippen LogP contribution in [0.1, 0.15) is 22.0 Å². The fraction of sp³-hybridized carbons (Fsp3) is 0.227. The van der Waals surface area contributed by atoms with Crippen LogP contribution in [0, 0.1) is 0 Å². The number of aromatic nitrogens is 4. The second-order valence-corrected chi connectivity index (χ2v) is 7.32. The topological polar surface area (TPSA) is 96.1 Å². The molecule has 1 aliphatic rings. The molecule has 3 aromatic heterocycles. The van der Waals surface area contributed by atoms with Crippen LogP contribution >= 0.6 is 0 Å². The van der Waals surface area contributed by atoms with Crippen LogP contribution < -0.4 is 4.74 Å². The van der Waals surface area contributed by atoms with Crippen LogP contribution in [0.2, 0.25) is 0 Å². The van der Waals surface area contributed by atoms with Crippen molar-refractivity contribution in [3.8, 4) is 17.0 Å². The zero-order valence-electron chi connectivity index (χ0n) is 16.8. The second kappa shape index (κ2) is 8.39. The summed E-state index contributed by atoms with van der Waals surface area (Å²) in [6, 6.07) is 9.61. The summed E-state index contributed by atoms with van der Waals surface area (Å²) >= 11 is 0. The summed E-state index contributed by atoms with van der Waals surface area (Å²) in [6.45, 7) is -1.90. The average Bonchev–Trinajstić information content (AvgIpc) is 3.48. The number of nitrogens with one attached hydrogen (secondary N) is 2. The number of alkyl halides is 2. The molecule has 1 amide bonds. The third kappa shape index (κ3) is 3.80. The number of pyridine rings is 1. The molecule has 2 N–H and O–H groups in total. The number of halogens is 2. The minimum Gasteiger partial charge on any atom is -0.435 e. The Labute approximate surface area is 181 Å². The Morgan fingerprint density at radius 2 is 2.16 bits per heavy atom. The fourth-order valence-electron chi connectivity index (χ4n) is 3.91. The number of carbonyl (C=O) groups is 1. The Bertz CT molecular complexity index is 1240. The van der Waals surface area contributed by atoms with Crippen molar-refractivity contribution in [3.05, 3.63) is 66.1 Å². The van der Waals surface area contributed by atoms with Gasteiger partial charge in [-0.2, -0.15) is 13.9 Å². The first-order chi connectivity index (χ1) is 15.6. The van der Waals surface area contributed by atoms with E-state index in [0.29, 0.717) is 35.3 Å². The predicted molar refractivity (Wildman–Crippen MR) is 111 cm³/mol. The number of hydrogen-bond acceptors (Lipinski definition) is 5. The maximum atomic E-state index is 13.5.